The van der Waals surface area contributed by atoms with Crippen molar-refractivity contribution in [2.75, 3.05) is 10.6 Å². The van der Waals surface area contributed by atoms with Crippen molar-refractivity contribution in [3.05, 3.63) is 65.0 Å². The predicted molar refractivity (Wildman–Crippen MR) is 113 cm³/mol. The van der Waals surface area contributed by atoms with Crippen LogP contribution in [0.4, 0.5) is 32.0 Å². The lowest BCUT2D eigenvalue weighted by Gasteiger charge is -2.22. The first-order valence-electron chi connectivity index (χ1n) is 9.57. The standard InChI is InChI=1S/C19H17F6N3S.C2H6/c1-29-28(14-6-4-13(5-7-14)19(23,24)25)10-12-3-2-11(8-15(12)20)16-9-17(18(21)22)27-26-16;1-2/h2-8,17-18,27H,9-10H2,1H3;1-2H3. The van der Waals surface area contributed by atoms with Gasteiger partial charge in [-0.25, -0.2) is 13.2 Å². The van der Waals surface area contributed by atoms with Crippen molar-refractivity contribution in [1.82, 2.24) is 5.43 Å². The average Bonchev–Trinajstić information content (AvgIpc) is 3.24. The topological polar surface area (TPSA) is 27.6 Å². The molecule has 0 bridgehead atoms. The maximum Gasteiger partial charge on any atom is 0.416 e. The van der Waals surface area contributed by atoms with E-state index in [2.05, 4.69) is 10.5 Å². The highest BCUT2D eigenvalue weighted by Gasteiger charge is 2.30. The maximum atomic E-state index is 14.6. The third-order valence-corrected chi connectivity index (χ3v) is 5.27. The molecular formula is C21H23F6N3S. The minimum absolute atomic E-state index is 0.00105. The van der Waals surface area contributed by atoms with Crippen LogP contribution >= 0.6 is 11.9 Å². The first kappa shape index (κ1) is 24.9. The summed E-state index contributed by atoms with van der Waals surface area (Å²) in [5.74, 6) is -0.545. The molecule has 1 heterocycles. The molecule has 0 radical (unpaired) electrons. The molecular weight excluding hydrogens is 440 g/mol. The third kappa shape index (κ3) is 6.32. The van der Waals surface area contributed by atoms with E-state index in [9.17, 15) is 26.3 Å². The van der Waals surface area contributed by atoms with Crippen molar-refractivity contribution in [1.29, 1.82) is 0 Å². The van der Waals surface area contributed by atoms with Gasteiger partial charge in [-0.1, -0.05) is 37.9 Å². The number of alkyl halides is 5. The zero-order chi connectivity index (χ0) is 23.2. The molecule has 0 fully saturated rings. The zero-order valence-corrected chi connectivity index (χ0v) is 18.0. The van der Waals surface area contributed by atoms with Crippen LogP contribution in [-0.4, -0.2) is 24.4 Å². The molecule has 0 amide bonds. The molecule has 0 saturated carbocycles. The molecule has 0 saturated heterocycles. The van der Waals surface area contributed by atoms with Crippen molar-refractivity contribution in [3.8, 4) is 0 Å². The van der Waals surface area contributed by atoms with Gasteiger partial charge in [0.05, 0.1) is 17.8 Å². The Bertz CT molecular complexity index is 884. The number of hydrogen-bond donors (Lipinski definition) is 1. The summed E-state index contributed by atoms with van der Waals surface area (Å²) >= 11 is 1.24. The van der Waals surface area contributed by atoms with Gasteiger partial charge in [-0.2, -0.15) is 18.3 Å². The van der Waals surface area contributed by atoms with Crippen LogP contribution in [-0.2, 0) is 12.7 Å². The molecule has 1 atom stereocenters. The molecule has 2 aromatic rings. The Labute approximate surface area is 181 Å². The van der Waals surface area contributed by atoms with Crippen LogP contribution in [0, 0.1) is 5.82 Å². The Kier molecular flexibility index (Phi) is 8.67. The molecule has 1 unspecified atom stereocenters. The highest BCUT2D eigenvalue weighted by Crippen LogP contribution is 2.32. The zero-order valence-electron chi connectivity index (χ0n) is 17.2. The van der Waals surface area contributed by atoms with Gasteiger partial charge in [0.2, 0.25) is 0 Å². The van der Waals surface area contributed by atoms with Gasteiger partial charge in [0.25, 0.3) is 6.43 Å². The van der Waals surface area contributed by atoms with Gasteiger partial charge < -0.3 is 9.73 Å². The summed E-state index contributed by atoms with van der Waals surface area (Å²) in [5.41, 5.74) is 3.16. The summed E-state index contributed by atoms with van der Waals surface area (Å²) in [6.45, 7) is 4.11. The molecule has 1 aliphatic heterocycles. The van der Waals surface area contributed by atoms with Gasteiger partial charge >= 0.3 is 6.18 Å². The van der Waals surface area contributed by atoms with Gasteiger partial charge in [-0.15, -0.1) is 0 Å². The Morgan fingerprint density at radius 3 is 2.26 bits per heavy atom. The summed E-state index contributed by atoms with van der Waals surface area (Å²) < 4.78 is 79.8. The van der Waals surface area contributed by atoms with E-state index in [1.165, 1.54) is 36.2 Å². The fraction of sp³-hybridized carbons (Fsp3) is 0.381. The molecule has 0 aliphatic carbocycles. The fourth-order valence-electron chi connectivity index (χ4n) is 2.88. The number of hydrogen-bond acceptors (Lipinski definition) is 4. The van der Waals surface area contributed by atoms with Gasteiger partial charge in [-0.3, -0.25) is 0 Å². The number of halogens is 6. The first-order valence-corrected chi connectivity index (χ1v) is 10.7. The van der Waals surface area contributed by atoms with E-state index in [0.717, 1.165) is 12.1 Å². The second-order valence-corrected chi connectivity index (χ2v) is 7.21. The van der Waals surface area contributed by atoms with E-state index in [1.54, 1.807) is 16.6 Å². The molecule has 170 valence electrons. The Balaban J connectivity index is 0.00000166. The van der Waals surface area contributed by atoms with Gasteiger partial charge in [0.1, 0.15) is 11.9 Å². The molecule has 31 heavy (non-hydrogen) atoms. The monoisotopic (exact) mass is 463 g/mol. The molecule has 10 heteroatoms. The lowest BCUT2D eigenvalue weighted by Crippen LogP contribution is -2.27. The highest BCUT2D eigenvalue weighted by molar-refractivity contribution is 7.99. The summed E-state index contributed by atoms with van der Waals surface area (Å²) in [5, 5.41) is 3.85. The van der Waals surface area contributed by atoms with Crippen LogP contribution in [0.15, 0.2) is 47.6 Å². The van der Waals surface area contributed by atoms with Crippen LogP contribution in [0.5, 0.6) is 0 Å². The quantitative estimate of drug-likeness (QED) is 0.392. The van der Waals surface area contributed by atoms with E-state index < -0.39 is 30.0 Å². The largest absolute Gasteiger partial charge is 0.416 e. The number of rotatable bonds is 6. The fourth-order valence-corrected chi connectivity index (χ4v) is 3.48. The second-order valence-electron chi connectivity index (χ2n) is 6.40. The van der Waals surface area contributed by atoms with Crippen LogP contribution in [0.3, 0.4) is 0 Å². The van der Waals surface area contributed by atoms with Crippen molar-refractivity contribution in [3.63, 3.8) is 0 Å². The maximum absolute atomic E-state index is 14.6. The predicted octanol–water partition coefficient (Wildman–Crippen LogP) is 6.49. The average molecular weight is 463 g/mol. The Morgan fingerprint density at radius 1 is 1.13 bits per heavy atom. The normalized spacial score (nSPS) is 15.8. The highest BCUT2D eigenvalue weighted by atomic mass is 32.2. The van der Waals surface area contributed by atoms with Gasteiger partial charge in [0.15, 0.2) is 0 Å². The van der Waals surface area contributed by atoms with E-state index in [4.69, 9.17) is 0 Å². The number of hydrazone groups is 1. The number of nitrogens with one attached hydrogen (secondary N) is 1. The summed E-state index contributed by atoms with van der Waals surface area (Å²) in [6, 6.07) is 7.87. The van der Waals surface area contributed by atoms with Crippen LogP contribution in [0.25, 0.3) is 0 Å². The van der Waals surface area contributed by atoms with E-state index >= 15 is 0 Å². The van der Waals surface area contributed by atoms with Crippen molar-refractivity contribution < 1.29 is 26.3 Å². The van der Waals surface area contributed by atoms with Crippen LogP contribution in [0.2, 0.25) is 0 Å². The lowest BCUT2D eigenvalue weighted by molar-refractivity contribution is -0.137. The molecule has 0 aromatic heterocycles. The van der Waals surface area contributed by atoms with E-state index in [-0.39, 0.29) is 13.0 Å². The van der Waals surface area contributed by atoms with E-state index in [0.29, 0.717) is 22.5 Å². The minimum atomic E-state index is -4.42. The number of benzene rings is 2. The second kappa shape index (κ2) is 10.8. The first-order chi connectivity index (χ1) is 14.7. The van der Waals surface area contributed by atoms with Crippen molar-refractivity contribution in [2.24, 2.45) is 5.10 Å². The molecule has 3 rings (SSSR count). The smallest absolute Gasteiger partial charge is 0.312 e. The van der Waals surface area contributed by atoms with Crippen LogP contribution < -0.4 is 9.73 Å². The van der Waals surface area contributed by atoms with Crippen LogP contribution in [0.1, 0.15) is 37.0 Å². The Hall–Kier alpha value is -2.36. The number of nitrogens with zero attached hydrogens (tertiary/aromatic N) is 2. The summed E-state index contributed by atoms with van der Waals surface area (Å²) in [7, 11) is 0. The molecule has 3 nitrogen and oxygen atoms in total. The van der Waals surface area contributed by atoms with Gasteiger partial charge in [-0.05, 0) is 30.3 Å². The lowest BCUT2D eigenvalue weighted by atomic mass is 10.0. The van der Waals surface area contributed by atoms with Crippen molar-refractivity contribution >= 4 is 23.3 Å². The van der Waals surface area contributed by atoms with Crippen molar-refractivity contribution in [2.45, 2.75) is 45.5 Å². The van der Waals surface area contributed by atoms with E-state index in [1.807, 2.05) is 13.8 Å². The molecule has 1 N–H and O–H groups in total. The molecule has 1 aliphatic rings. The molecule has 2 aromatic carbocycles. The summed E-state index contributed by atoms with van der Waals surface area (Å²) in [4.78, 5) is 0. The Morgan fingerprint density at radius 2 is 1.77 bits per heavy atom. The summed E-state index contributed by atoms with van der Waals surface area (Å²) in [6.07, 6.45) is -5.27. The molecule has 0 spiro atoms. The SMILES string of the molecule is CC.CSN(Cc1ccc(C2=NNC(C(F)F)C2)cc1F)c1ccc(C(F)(F)F)cc1. The van der Waals surface area contributed by atoms with Gasteiger partial charge in [0, 0.05) is 29.5 Å². The minimum Gasteiger partial charge on any atom is -0.312 e. The number of anilines is 1. The third-order valence-electron chi connectivity index (χ3n) is 4.49.